The molecule has 1 saturated heterocycles. The minimum atomic E-state index is -3.70. The Morgan fingerprint density at radius 3 is 2.41 bits per heavy atom. The van der Waals surface area contributed by atoms with E-state index in [0.717, 1.165) is 22.0 Å². The van der Waals surface area contributed by atoms with Crippen LogP contribution in [-0.2, 0) is 14.8 Å². The molecule has 138 valence electrons. The van der Waals surface area contributed by atoms with Crippen molar-refractivity contribution < 1.29 is 13.2 Å². The molecule has 0 radical (unpaired) electrons. The average Bonchev–Trinajstić information content (AvgIpc) is 3.01. The highest BCUT2D eigenvalue weighted by Gasteiger charge is 2.33. The van der Waals surface area contributed by atoms with Gasteiger partial charge in [0, 0.05) is 24.7 Å². The van der Waals surface area contributed by atoms with Gasteiger partial charge in [0.25, 0.3) is 0 Å². The second-order valence-electron chi connectivity index (χ2n) is 6.87. The Balaban J connectivity index is 1.54. The maximum atomic E-state index is 12.8. The molecule has 1 aliphatic heterocycles. The quantitative estimate of drug-likeness (QED) is 0.756. The van der Waals surface area contributed by atoms with Crippen LogP contribution in [0.3, 0.4) is 0 Å². The SMILES string of the molecule is Cc1ccc(N2C[C@H](NS(=O)(=O)c3ccc4ccccc4c3)CC2=O)cc1. The van der Waals surface area contributed by atoms with Crippen LogP contribution in [0.15, 0.2) is 71.6 Å². The second-order valence-corrected chi connectivity index (χ2v) is 8.59. The van der Waals surface area contributed by atoms with Gasteiger partial charge in [0.15, 0.2) is 0 Å². The van der Waals surface area contributed by atoms with Crippen LogP contribution in [0.2, 0.25) is 0 Å². The van der Waals surface area contributed by atoms with Crippen molar-refractivity contribution in [2.75, 3.05) is 11.4 Å². The second kappa shape index (κ2) is 6.79. The van der Waals surface area contributed by atoms with Gasteiger partial charge in [-0.1, -0.05) is 48.0 Å². The summed E-state index contributed by atoms with van der Waals surface area (Å²) in [4.78, 5) is 14.2. The summed E-state index contributed by atoms with van der Waals surface area (Å²) in [5.74, 6) is -0.0786. The molecule has 0 aliphatic carbocycles. The fourth-order valence-electron chi connectivity index (χ4n) is 3.38. The predicted molar refractivity (Wildman–Crippen MR) is 106 cm³/mol. The smallest absolute Gasteiger partial charge is 0.240 e. The Hall–Kier alpha value is -2.70. The first-order valence-corrected chi connectivity index (χ1v) is 10.3. The summed E-state index contributed by atoms with van der Waals surface area (Å²) in [6, 6.07) is 19.9. The van der Waals surface area contributed by atoms with E-state index in [4.69, 9.17) is 0 Å². The number of nitrogens with one attached hydrogen (secondary N) is 1. The van der Waals surface area contributed by atoms with E-state index in [-0.39, 0.29) is 17.2 Å². The minimum absolute atomic E-state index is 0.0786. The van der Waals surface area contributed by atoms with Crippen molar-refractivity contribution >= 4 is 32.4 Å². The van der Waals surface area contributed by atoms with E-state index < -0.39 is 16.1 Å². The number of rotatable bonds is 4. The first-order valence-electron chi connectivity index (χ1n) is 8.80. The highest BCUT2D eigenvalue weighted by molar-refractivity contribution is 7.89. The predicted octanol–water partition coefficient (Wildman–Crippen LogP) is 3.23. The van der Waals surface area contributed by atoms with Crippen molar-refractivity contribution in [1.29, 1.82) is 0 Å². The van der Waals surface area contributed by atoms with E-state index in [9.17, 15) is 13.2 Å². The standard InChI is InChI=1S/C21H20N2O3S/c1-15-6-9-19(10-7-15)23-14-18(13-21(23)24)22-27(25,26)20-11-8-16-4-2-3-5-17(16)12-20/h2-12,18,22H,13-14H2,1H3/t18-/m1/s1. The van der Waals surface area contributed by atoms with Gasteiger partial charge in [-0.25, -0.2) is 13.1 Å². The molecule has 0 unspecified atom stereocenters. The van der Waals surface area contributed by atoms with Crippen molar-refractivity contribution in [1.82, 2.24) is 4.72 Å². The number of nitrogens with zero attached hydrogens (tertiary/aromatic N) is 1. The maximum absolute atomic E-state index is 12.8. The molecule has 1 amide bonds. The maximum Gasteiger partial charge on any atom is 0.240 e. The van der Waals surface area contributed by atoms with Crippen LogP contribution >= 0.6 is 0 Å². The first-order chi connectivity index (χ1) is 12.9. The zero-order chi connectivity index (χ0) is 19.0. The molecule has 1 heterocycles. The number of hydrogen-bond donors (Lipinski definition) is 1. The number of carbonyl (C=O) groups is 1. The van der Waals surface area contributed by atoms with Crippen LogP contribution in [0.5, 0.6) is 0 Å². The lowest BCUT2D eigenvalue weighted by Gasteiger charge is -2.17. The van der Waals surface area contributed by atoms with Crippen molar-refractivity contribution in [3.05, 3.63) is 72.3 Å². The summed E-state index contributed by atoms with van der Waals surface area (Å²) in [5, 5.41) is 1.85. The summed E-state index contributed by atoms with van der Waals surface area (Å²) in [6.07, 6.45) is 0.153. The average molecular weight is 380 g/mol. The third kappa shape index (κ3) is 3.59. The molecule has 3 aromatic carbocycles. The molecular weight excluding hydrogens is 360 g/mol. The third-order valence-corrected chi connectivity index (χ3v) is 6.34. The summed E-state index contributed by atoms with van der Waals surface area (Å²) in [6.45, 7) is 2.31. The molecule has 0 aromatic heterocycles. The van der Waals surface area contributed by atoms with Gasteiger partial charge in [-0.2, -0.15) is 0 Å². The van der Waals surface area contributed by atoms with Gasteiger partial charge in [0.1, 0.15) is 0 Å². The van der Waals surface area contributed by atoms with Crippen LogP contribution in [0.1, 0.15) is 12.0 Å². The van der Waals surface area contributed by atoms with Crippen LogP contribution in [0.25, 0.3) is 10.8 Å². The lowest BCUT2D eigenvalue weighted by molar-refractivity contribution is -0.117. The van der Waals surface area contributed by atoms with Crippen molar-refractivity contribution in [2.45, 2.75) is 24.3 Å². The Morgan fingerprint density at radius 1 is 0.963 bits per heavy atom. The Morgan fingerprint density at radius 2 is 1.67 bits per heavy atom. The van der Waals surface area contributed by atoms with E-state index >= 15 is 0 Å². The number of benzene rings is 3. The van der Waals surface area contributed by atoms with E-state index in [2.05, 4.69) is 4.72 Å². The lowest BCUT2D eigenvalue weighted by Crippen LogP contribution is -2.37. The molecule has 1 fully saturated rings. The van der Waals surface area contributed by atoms with Gasteiger partial charge in [-0.05, 0) is 42.0 Å². The summed E-state index contributed by atoms with van der Waals surface area (Å²) in [7, 11) is -3.70. The van der Waals surface area contributed by atoms with E-state index in [1.54, 1.807) is 23.1 Å². The molecule has 3 aromatic rings. The fourth-order valence-corrected chi connectivity index (χ4v) is 4.64. The topological polar surface area (TPSA) is 66.5 Å². The van der Waals surface area contributed by atoms with Gasteiger partial charge < -0.3 is 4.90 Å². The number of aryl methyl sites for hydroxylation is 1. The Labute approximate surface area is 158 Å². The van der Waals surface area contributed by atoms with Gasteiger partial charge in [0.2, 0.25) is 15.9 Å². The molecule has 1 aliphatic rings. The summed E-state index contributed by atoms with van der Waals surface area (Å²) < 4.78 is 28.3. The van der Waals surface area contributed by atoms with Crippen LogP contribution in [-0.4, -0.2) is 26.9 Å². The van der Waals surface area contributed by atoms with Crippen LogP contribution < -0.4 is 9.62 Å². The molecule has 0 bridgehead atoms. The molecule has 6 heteroatoms. The number of amides is 1. The fraction of sp³-hybridized carbons (Fsp3) is 0.190. The number of anilines is 1. The number of sulfonamides is 1. The summed E-state index contributed by atoms with van der Waals surface area (Å²) in [5.41, 5.74) is 1.90. The van der Waals surface area contributed by atoms with Gasteiger partial charge >= 0.3 is 0 Å². The molecule has 0 spiro atoms. The van der Waals surface area contributed by atoms with Crippen molar-refractivity contribution in [3.63, 3.8) is 0 Å². The molecule has 5 nitrogen and oxygen atoms in total. The molecule has 1 atom stereocenters. The number of fused-ring (bicyclic) bond motifs is 1. The number of carbonyl (C=O) groups excluding carboxylic acids is 1. The van der Waals surface area contributed by atoms with Gasteiger partial charge in [-0.15, -0.1) is 0 Å². The molecule has 0 saturated carbocycles. The van der Waals surface area contributed by atoms with E-state index in [1.807, 2.05) is 55.5 Å². The van der Waals surface area contributed by atoms with Gasteiger partial charge in [-0.3, -0.25) is 4.79 Å². The van der Waals surface area contributed by atoms with Crippen LogP contribution in [0.4, 0.5) is 5.69 Å². The molecule has 4 rings (SSSR count). The Kier molecular flexibility index (Phi) is 4.45. The van der Waals surface area contributed by atoms with Crippen LogP contribution in [0, 0.1) is 6.92 Å². The lowest BCUT2D eigenvalue weighted by atomic mass is 10.1. The monoisotopic (exact) mass is 380 g/mol. The van der Waals surface area contributed by atoms with E-state index in [1.165, 1.54) is 0 Å². The third-order valence-electron chi connectivity index (χ3n) is 4.82. The Bertz CT molecular complexity index is 1110. The van der Waals surface area contributed by atoms with E-state index in [0.29, 0.717) is 6.54 Å². The van der Waals surface area contributed by atoms with Gasteiger partial charge in [0.05, 0.1) is 4.90 Å². The molecule has 1 N–H and O–H groups in total. The minimum Gasteiger partial charge on any atom is -0.311 e. The van der Waals surface area contributed by atoms with Crippen molar-refractivity contribution in [2.24, 2.45) is 0 Å². The highest BCUT2D eigenvalue weighted by atomic mass is 32.2. The molecule has 27 heavy (non-hydrogen) atoms. The highest BCUT2D eigenvalue weighted by Crippen LogP contribution is 2.24. The number of hydrogen-bond acceptors (Lipinski definition) is 3. The normalized spacial score (nSPS) is 17.6. The zero-order valence-electron chi connectivity index (χ0n) is 14.9. The van der Waals surface area contributed by atoms with Crippen molar-refractivity contribution in [3.8, 4) is 0 Å². The zero-order valence-corrected chi connectivity index (χ0v) is 15.7. The largest absolute Gasteiger partial charge is 0.311 e. The molecular formula is C21H20N2O3S. The summed E-state index contributed by atoms with van der Waals surface area (Å²) >= 11 is 0. The first kappa shape index (κ1) is 17.7.